The number of ether oxygens (including phenoxy) is 2. The number of carbonyl (C=O) groups excluding carboxylic acids is 1. The molecule has 0 saturated carbocycles. The number of aromatic nitrogens is 2. The van der Waals surface area contributed by atoms with Gasteiger partial charge in [0.2, 0.25) is 0 Å². The lowest BCUT2D eigenvalue weighted by Crippen LogP contribution is -2.22. The Hall–Kier alpha value is -3.19. The van der Waals surface area contributed by atoms with Crippen molar-refractivity contribution >= 4 is 39.4 Å². The summed E-state index contributed by atoms with van der Waals surface area (Å²) in [6.45, 7) is 1.32. The van der Waals surface area contributed by atoms with Crippen molar-refractivity contribution in [2.45, 2.75) is 6.92 Å². The third-order valence-corrected chi connectivity index (χ3v) is 4.85. The zero-order valence-corrected chi connectivity index (χ0v) is 14.9. The molecule has 0 radical (unpaired) electrons. The minimum absolute atomic E-state index is 0.122. The summed E-state index contributed by atoms with van der Waals surface area (Å²) in [4.78, 5) is 29.2. The molecule has 4 rings (SSSR count). The first-order valence-corrected chi connectivity index (χ1v) is 8.66. The Kier molecular flexibility index (Phi) is 3.93. The summed E-state index contributed by atoms with van der Waals surface area (Å²) in [6.07, 6.45) is 1.75. The number of methoxy groups -OCH3 is 1. The lowest BCUT2D eigenvalue weighted by Gasteiger charge is -2.08. The number of para-hydroxylation sites is 2. The average Bonchev–Trinajstić information content (AvgIpc) is 3.11. The van der Waals surface area contributed by atoms with E-state index in [2.05, 4.69) is 4.98 Å². The van der Waals surface area contributed by atoms with E-state index in [4.69, 9.17) is 9.47 Å². The summed E-state index contributed by atoms with van der Waals surface area (Å²) in [7, 11) is 1.50. The Bertz CT molecular complexity index is 1260. The highest BCUT2D eigenvalue weighted by Crippen LogP contribution is 2.28. The van der Waals surface area contributed by atoms with Crippen LogP contribution in [-0.2, 0) is 4.79 Å². The molecule has 2 heterocycles. The molecule has 0 amide bonds. The molecule has 0 N–H and O–H groups in total. The van der Waals surface area contributed by atoms with E-state index in [9.17, 15) is 9.59 Å². The minimum atomic E-state index is -0.439. The van der Waals surface area contributed by atoms with Gasteiger partial charge in [-0.2, -0.15) is 0 Å². The molecule has 0 atom stereocenters. The first-order chi connectivity index (χ1) is 12.6. The van der Waals surface area contributed by atoms with Crippen molar-refractivity contribution in [2.75, 3.05) is 7.11 Å². The van der Waals surface area contributed by atoms with Crippen molar-refractivity contribution in [3.8, 4) is 11.5 Å². The Balaban J connectivity index is 1.87. The second kappa shape index (κ2) is 6.27. The summed E-state index contributed by atoms with van der Waals surface area (Å²) in [6, 6.07) is 12.7. The Morgan fingerprint density at radius 1 is 1.19 bits per heavy atom. The van der Waals surface area contributed by atoms with Gasteiger partial charge < -0.3 is 9.47 Å². The van der Waals surface area contributed by atoms with E-state index in [0.29, 0.717) is 21.0 Å². The van der Waals surface area contributed by atoms with Crippen molar-refractivity contribution in [3.05, 3.63) is 62.9 Å². The van der Waals surface area contributed by atoms with Gasteiger partial charge in [0.05, 0.1) is 22.7 Å². The van der Waals surface area contributed by atoms with Gasteiger partial charge in [0.25, 0.3) is 5.56 Å². The third kappa shape index (κ3) is 2.72. The predicted octanol–water partition coefficient (Wildman–Crippen LogP) is 2.39. The lowest BCUT2D eigenvalue weighted by molar-refractivity contribution is -0.132. The number of hydrogen-bond donors (Lipinski definition) is 0. The number of imidazole rings is 1. The molecule has 0 bridgehead atoms. The molecule has 2 aromatic carbocycles. The van der Waals surface area contributed by atoms with Crippen LogP contribution in [0.1, 0.15) is 12.5 Å². The first-order valence-electron chi connectivity index (χ1n) is 7.85. The van der Waals surface area contributed by atoms with Gasteiger partial charge in [-0.05, 0) is 35.9 Å². The van der Waals surface area contributed by atoms with Crippen molar-refractivity contribution in [1.29, 1.82) is 0 Å². The van der Waals surface area contributed by atoms with Crippen LogP contribution < -0.4 is 19.6 Å². The largest absolute Gasteiger partial charge is 0.493 e. The quantitative estimate of drug-likeness (QED) is 0.411. The van der Waals surface area contributed by atoms with Gasteiger partial charge in [-0.1, -0.05) is 29.5 Å². The van der Waals surface area contributed by atoms with E-state index >= 15 is 0 Å². The van der Waals surface area contributed by atoms with Crippen molar-refractivity contribution in [3.63, 3.8) is 0 Å². The molecule has 130 valence electrons. The van der Waals surface area contributed by atoms with Crippen molar-refractivity contribution in [2.24, 2.45) is 0 Å². The second-order valence-electron chi connectivity index (χ2n) is 5.64. The summed E-state index contributed by atoms with van der Waals surface area (Å²) < 4.78 is 12.5. The standard InChI is InChI=1S/C19H14N2O4S/c1-11(22)25-16-9-12(7-8-15(16)24-2)10-17-18(23)21-14-6-4-3-5-13(14)20-19(21)26-17/h3-10H,1-2H3/b17-10-. The molecule has 0 aliphatic rings. The predicted molar refractivity (Wildman–Crippen MR) is 99.9 cm³/mol. The minimum Gasteiger partial charge on any atom is -0.493 e. The van der Waals surface area contributed by atoms with Crippen molar-refractivity contribution in [1.82, 2.24) is 9.38 Å². The number of hydrogen-bond acceptors (Lipinski definition) is 6. The van der Waals surface area contributed by atoms with Crippen LogP contribution in [0.3, 0.4) is 0 Å². The maximum atomic E-state index is 12.8. The van der Waals surface area contributed by atoms with Crippen LogP contribution in [0, 0.1) is 0 Å². The maximum Gasteiger partial charge on any atom is 0.308 e. The highest BCUT2D eigenvalue weighted by Gasteiger charge is 2.11. The van der Waals surface area contributed by atoms with E-state index in [1.807, 2.05) is 24.3 Å². The van der Waals surface area contributed by atoms with Gasteiger partial charge in [0.1, 0.15) is 0 Å². The summed E-state index contributed by atoms with van der Waals surface area (Å²) in [5.74, 6) is 0.325. The molecular formula is C19H14N2O4S. The third-order valence-electron chi connectivity index (χ3n) is 3.88. The van der Waals surface area contributed by atoms with Crippen LogP contribution >= 0.6 is 11.3 Å². The van der Waals surface area contributed by atoms with Gasteiger partial charge in [-0.3, -0.25) is 9.59 Å². The number of rotatable bonds is 3. The van der Waals surface area contributed by atoms with E-state index < -0.39 is 5.97 Å². The zero-order chi connectivity index (χ0) is 18.3. The van der Waals surface area contributed by atoms with Crippen molar-refractivity contribution < 1.29 is 14.3 Å². The highest BCUT2D eigenvalue weighted by molar-refractivity contribution is 7.15. The number of thiazole rings is 1. The average molecular weight is 366 g/mol. The van der Waals surface area contributed by atoms with E-state index in [1.165, 1.54) is 25.4 Å². The molecule has 7 heteroatoms. The van der Waals surface area contributed by atoms with Crippen LogP contribution in [0.25, 0.3) is 22.1 Å². The van der Waals surface area contributed by atoms with Gasteiger partial charge in [0.15, 0.2) is 16.5 Å². The molecule has 0 aliphatic carbocycles. The Morgan fingerprint density at radius 3 is 2.77 bits per heavy atom. The number of carbonyl (C=O) groups is 1. The number of nitrogens with zero attached hydrogens (tertiary/aromatic N) is 2. The topological polar surface area (TPSA) is 69.9 Å². The molecule has 2 aromatic heterocycles. The SMILES string of the molecule is COc1ccc(/C=c2\sc3nc4ccccc4n3c2=O)cc1OC(C)=O. The summed E-state index contributed by atoms with van der Waals surface area (Å²) in [5.41, 5.74) is 2.19. The van der Waals surface area contributed by atoms with Gasteiger partial charge in [-0.15, -0.1) is 0 Å². The van der Waals surface area contributed by atoms with E-state index in [-0.39, 0.29) is 5.56 Å². The fourth-order valence-corrected chi connectivity index (χ4v) is 3.77. The smallest absolute Gasteiger partial charge is 0.308 e. The van der Waals surface area contributed by atoms with Crippen LogP contribution in [-0.4, -0.2) is 22.5 Å². The molecule has 0 spiro atoms. The van der Waals surface area contributed by atoms with Crippen LogP contribution in [0.4, 0.5) is 0 Å². The fourth-order valence-electron chi connectivity index (χ4n) is 2.78. The van der Waals surface area contributed by atoms with Crippen LogP contribution in [0.2, 0.25) is 0 Å². The summed E-state index contributed by atoms with van der Waals surface area (Å²) in [5, 5.41) is 0. The number of benzene rings is 2. The highest BCUT2D eigenvalue weighted by atomic mass is 32.1. The summed E-state index contributed by atoms with van der Waals surface area (Å²) >= 11 is 1.32. The fraction of sp³-hybridized carbons (Fsp3) is 0.105. The monoisotopic (exact) mass is 366 g/mol. The molecule has 0 aliphatic heterocycles. The Morgan fingerprint density at radius 2 is 2.00 bits per heavy atom. The zero-order valence-electron chi connectivity index (χ0n) is 14.1. The van der Waals surface area contributed by atoms with Gasteiger partial charge in [0, 0.05) is 6.92 Å². The number of fused-ring (bicyclic) bond motifs is 3. The number of esters is 1. The molecule has 6 nitrogen and oxygen atoms in total. The molecule has 26 heavy (non-hydrogen) atoms. The first kappa shape index (κ1) is 16.3. The Labute approximate surface area is 151 Å². The lowest BCUT2D eigenvalue weighted by atomic mass is 10.2. The van der Waals surface area contributed by atoms with E-state index in [1.54, 1.807) is 28.7 Å². The van der Waals surface area contributed by atoms with Gasteiger partial charge in [-0.25, -0.2) is 9.38 Å². The molecule has 0 unspecified atom stereocenters. The van der Waals surface area contributed by atoms with Crippen LogP contribution in [0.15, 0.2) is 47.3 Å². The second-order valence-corrected chi connectivity index (χ2v) is 6.65. The molecule has 0 saturated heterocycles. The van der Waals surface area contributed by atoms with Gasteiger partial charge >= 0.3 is 5.97 Å². The maximum absolute atomic E-state index is 12.8. The molecular weight excluding hydrogens is 352 g/mol. The normalized spacial score (nSPS) is 12.0. The molecule has 4 aromatic rings. The van der Waals surface area contributed by atoms with E-state index in [0.717, 1.165) is 16.6 Å². The van der Waals surface area contributed by atoms with Crippen LogP contribution in [0.5, 0.6) is 11.5 Å². The molecule has 0 fully saturated rings.